The fourth-order valence-corrected chi connectivity index (χ4v) is 1.40. The van der Waals surface area contributed by atoms with Crippen molar-refractivity contribution in [3.8, 4) is 0 Å². The third-order valence-electron chi connectivity index (χ3n) is 2.18. The molecule has 0 amide bonds. The Kier molecular flexibility index (Phi) is 3.29. The van der Waals surface area contributed by atoms with Gasteiger partial charge >= 0.3 is 5.69 Å². The Bertz CT molecular complexity index is 497. The van der Waals surface area contributed by atoms with Gasteiger partial charge in [-0.2, -0.15) is 5.10 Å². The summed E-state index contributed by atoms with van der Waals surface area (Å²) < 4.78 is 1.74. The molecule has 7 nitrogen and oxygen atoms in total. The van der Waals surface area contributed by atoms with Crippen molar-refractivity contribution in [3.05, 3.63) is 46.9 Å². The third-order valence-corrected chi connectivity index (χ3v) is 2.18. The maximum absolute atomic E-state index is 10.7. The van der Waals surface area contributed by atoms with Gasteiger partial charge in [0, 0.05) is 31.2 Å². The molecule has 1 N–H and O–H groups in total. The molecule has 2 aromatic rings. The minimum atomic E-state index is -0.455. The average Bonchev–Trinajstić information content (AvgIpc) is 2.82. The largest absolute Gasteiger partial charge is 0.362 e. The second kappa shape index (κ2) is 5.06. The first kappa shape index (κ1) is 11.1. The van der Waals surface area contributed by atoms with Gasteiger partial charge in [-0.25, -0.2) is 4.98 Å². The van der Waals surface area contributed by atoms with E-state index in [1.807, 2.05) is 12.3 Å². The fraction of sp³-hybridized carbons (Fsp3) is 0.200. The summed E-state index contributed by atoms with van der Waals surface area (Å²) in [6, 6.07) is 4.78. The molecule has 0 bridgehead atoms. The van der Waals surface area contributed by atoms with Crippen LogP contribution in [0.15, 0.2) is 36.8 Å². The number of aromatic nitrogens is 3. The van der Waals surface area contributed by atoms with Gasteiger partial charge in [0.05, 0.1) is 11.5 Å². The molecular formula is C10H11N5O2. The lowest BCUT2D eigenvalue weighted by Crippen LogP contribution is -2.12. The third kappa shape index (κ3) is 2.77. The summed E-state index contributed by atoms with van der Waals surface area (Å²) in [5, 5.41) is 17.7. The molecule has 0 atom stereocenters. The van der Waals surface area contributed by atoms with Crippen LogP contribution in [0.3, 0.4) is 0 Å². The number of pyridine rings is 1. The molecule has 0 aliphatic rings. The molecule has 2 rings (SSSR count). The predicted octanol–water partition coefficient (Wildman–Crippen LogP) is 1.30. The van der Waals surface area contributed by atoms with Gasteiger partial charge < -0.3 is 5.32 Å². The van der Waals surface area contributed by atoms with Gasteiger partial charge in [-0.1, -0.05) is 0 Å². The molecule has 7 heteroatoms. The molecule has 0 saturated carbocycles. The summed E-state index contributed by atoms with van der Waals surface area (Å²) in [6.45, 7) is 1.15. The van der Waals surface area contributed by atoms with Crippen LogP contribution in [-0.4, -0.2) is 26.2 Å². The highest BCUT2D eigenvalue weighted by Gasteiger charge is 2.12. The van der Waals surface area contributed by atoms with Crippen LogP contribution in [0.1, 0.15) is 0 Å². The van der Waals surface area contributed by atoms with E-state index in [1.165, 1.54) is 18.3 Å². The van der Waals surface area contributed by atoms with E-state index in [9.17, 15) is 10.1 Å². The predicted molar refractivity (Wildman–Crippen MR) is 61.6 cm³/mol. The van der Waals surface area contributed by atoms with Gasteiger partial charge in [0.15, 0.2) is 0 Å². The first-order chi connectivity index (χ1) is 8.27. The normalized spacial score (nSPS) is 10.1. The summed E-state index contributed by atoms with van der Waals surface area (Å²) in [7, 11) is 0. The van der Waals surface area contributed by atoms with Crippen molar-refractivity contribution in [3.63, 3.8) is 0 Å². The first-order valence-corrected chi connectivity index (χ1v) is 5.08. The minimum Gasteiger partial charge on any atom is -0.362 e. The Morgan fingerprint density at radius 3 is 3.00 bits per heavy atom. The number of nitrogens with one attached hydrogen (secondary N) is 1. The number of hydrogen-bond acceptors (Lipinski definition) is 5. The molecule has 2 aromatic heterocycles. The lowest BCUT2D eigenvalue weighted by Gasteiger charge is -2.05. The van der Waals surface area contributed by atoms with Crippen LogP contribution in [0, 0.1) is 10.1 Å². The zero-order valence-corrected chi connectivity index (χ0v) is 8.98. The van der Waals surface area contributed by atoms with Crippen LogP contribution in [0.4, 0.5) is 11.5 Å². The summed E-state index contributed by atoms with van der Waals surface area (Å²) in [5.74, 6) is 0.282. The molecule has 88 valence electrons. The van der Waals surface area contributed by atoms with Gasteiger partial charge in [0.25, 0.3) is 0 Å². The molecule has 0 aromatic carbocycles. The molecular weight excluding hydrogens is 222 g/mol. The quantitative estimate of drug-likeness (QED) is 0.621. The zero-order valence-electron chi connectivity index (χ0n) is 8.98. The number of hydrogen-bond donors (Lipinski definition) is 1. The summed E-state index contributed by atoms with van der Waals surface area (Å²) in [6.07, 6.45) is 5.03. The second-order valence-corrected chi connectivity index (χ2v) is 3.32. The Labute approximate surface area is 97.2 Å². The van der Waals surface area contributed by atoms with Crippen LogP contribution in [0.2, 0.25) is 0 Å². The molecule has 0 fully saturated rings. The van der Waals surface area contributed by atoms with Crippen molar-refractivity contribution < 1.29 is 4.92 Å². The average molecular weight is 233 g/mol. The van der Waals surface area contributed by atoms with E-state index in [-0.39, 0.29) is 11.5 Å². The van der Waals surface area contributed by atoms with Crippen LogP contribution in [0.5, 0.6) is 0 Å². The number of rotatable bonds is 5. The van der Waals surface area contributed by atoms with Gasteiger partial charge in [0.1, 0.15) is 0 Å². The first-order valence-electron chi connectivity index (χ1n) is 5.08. The lowest BCUT2D eigenvalue weighted by molar-refractivity contribution is -0.384. The molecule has 0 saturated heterocycles. The molecule has 17 heavy (non-hydrogen) atoms. The van der Waals surface area contributed by atoms with Crippen LogP contribution in [0.25, 0.3) is 0 Å². The van der Waals surface area contributed by atoms with Gasteiger partial charge in [-0.05, 0) is 12.1 Å². The Morgan fingerprint density at radius 1 is 1.41 bits per heavy atom. The monoisotopic (exact) mass is 233 g/mol. The van der Waals surface area contributed by atoms with Crippen LogP contribution < -0.4 is 5.32 Å². The number of nitrogens with zero attached hydrogens (tertiary/aromatic N) is 4. The van der Waals surface area contributed by atoms with Crippen molar-refractivity contribution in [2.24, 2.45) is 0 Å². The van der Waals surface area contributed by atoms with E-state index >= 15 is 0 Å². The van der Waals surface area contributed by atoms with E-state index < -0.39 is 4.92 Å². The Balaban J connectivity index is 1.97. The minimum absolute atomic E-state index is 0.0204. The molecule has 0 radical (unpaired) electrons. The number of nitro groups is 1. The molecule has 2 heterocycles. The van der Waals surface area contributed by atoms with E-state index in [1.54, 1.807) is 10.9 Å². The van der Waals surface area contributed by atoms with Crippen molar-refractivity contribution in [1.82, 2.24) is 14.8 Å². The lowest BCUT2D eigenvalue weighted by atomic mass is 10.4. The molecule has 0 aliphatic heterocycles. The summed E-state index contributed by atoms with van der Waals surface area (Å²) in [4.78, 5) is 14.2. The fourth-order valence-electron chi connectivity index (χ4n) is 1.40. The standard InChI is InChI=1S/C10H11N5O2/c16-15(17)9-3-1-4-11-10(9)12-6-8-14-7-2-5-13-14/h1-5,7H,6,8H2,(H,11,12). The zero-order chi connectivity index (χ0) is 12.1. The van der Waals surface area contributed by atoms with Crippen molar-refractivity contribution >= 4 is 11.5 Å². The van der Waals surface area contributed by atoms with E-state index in [0.717, 1.165) is 0 Å². The van der Waals surface area contributed by atoms with Crippen LogP contribution >= 0.6 is 0 Å². The summed E-state index contributed by atoms with van der Waals surface area (Å²) >= 11 is 0. The van der Waals surface area contributed by atoms with Gasteiger partial charge in [-0.3, -0.25) is 14.8 Å². The smallest absolute Gasteiger partial charge is 0.311 e. The Morgan fingerprint density at radius 2 is 2.29 bits per heavy atom. The highest BCUT2D eigenvalue weighted by atomic mass is 16.6. The van der Waals surface area contributed by atoms with Crippen molar-refractivity contribution in [2.45, 2.75) is 6.54 Å². The molecule has 0 unspecified atom stereocenters. The maximum Gasteiger partial charge on any atom is 0.311 e. The maximum atomic E-state index is 10.7. The Hall–Kier alpha value is -2.44. The van der Waals surface area contributed by atoms with E-state index in [0.29, 0.717) is 13.1 Å². The molecule has 0 aliphatic carbocycles. The highest BCUT2D eigenvalue weighted by Crippen LogP contribution is 2.19. The highest BCUT2D eigenvalue weighted by molar-refractivity contribution is 5.54. The van der Waals surface area contributed by atoms with E-state index in [4.69, 9.17) is 0 Å². The van der Waals surface area contributed by atoms with Crippen molar-refractivity contribution in [2.75, 3.05) is 11.9 Å². The van der Waals surface area contributed by atoms with Crippen LogP contribution in [-0.2, 0) is 6.54 Å². The van der Waals surface area contributed by atoms with E-state index in [2.05, 4.69) is 15.4 Å². The molecule has 0 spiro atoms. The summed E-state index contributed by atoms with van der Waals surface area (Å²) in [5.41, 5.74) is -0.0204. The SMILES string of the molecule is O=[N+]([O-])c1cccnc1NCCn1cccn1. The number of anilines is 1. The van der Waals surface area contributed by atoms with Gasteiger partial charge in [-0.15, -0.1) is 0 Å². The second-order valence-electron chi connectivity index (χ2n) is 3.32. The topological polar surface area (TPSA) is 85.9 Å². The van der Waals surface area contributed by atoms with Gasteiger partial charge in [0.2, 0.25) is 5.82 Å². The van der Waals surface area contributed by atoms with Crippen molar-refractivity contribution in [1.29, 1.82) is 0 Å².